The van der Waals surface area contributed by atoms with Gasteiger partial charge in [0.2, 0.25) is 5.95 Å². The number of carbonyl (C=O) groups is 2. The zero-order valence-corrected chi connectivity index (χ0v) is 20.1. The number of pyridine rings is 2. The van der Waals surface area contributed by atoms with Gasteiger partial charge in [0.1, 0.15) is 29.7 Å². The Kier molecular flexibility index (Phi) is 6.99. The molecule has 1 atom stereocenters. The number of fused-ring (bicyclic) bond motifs is 1. The minimum atomic E-state index is -1.15. The Balaban J connectivity index is 1.49. The predicted octanol–water partition coefficient (Wildman–Crippen LogP) is 2.48. The van der Waals surface area contributed by atoms with E-state index in [2.05, 4.69) is 27.1 Å². The molecule has 2 amide bonds. The number of hydrogen-bond donors (Lipinski definition) is 2. The van der Waals surface area contributed by atoms with E-state index in [-0.39, 0.29) is 24.6 Å². The van der Waals surface area contributed by atoms with E-state index < -0.39 is 23.5 Å². The fourth-order valence-electron chi connectivity index (χ4n) is 3.62. The van der Waals surface area contributed by atoms with Crippen molar-refractivity contribution < 1.29 is 23.8 Å². The Morgan fingerprint density at radius 2 is 2.06 bits per heavy atom. The van der Waals surface area contributed by atoms with Crippen LogP contribution in [0.25, 0.3) is 0 Å². The predicted molar refractivity (Wildman–Crippen MR) is 131 cm³/mol. The van der Waals surface area contributed by atoms with Crippen LogP contribution in [-0.4, -0.2) is 52.2 Å². The molecule has 1 aliphatic rings. The average Bonchev–Trinajstić information content (AvgIpc) is 2.96. The van der Waals surface area contributed by atoms with Crippen LogP contribution in [0.5, 0.6) is 5.75 Å². The van der Waals surface area contributed by atoms with Crippen molar-refractivity contribution in [3.05, 3.63) is 83.2 Å². The van der Waals surface area contributed by atoms with Crippen LogP contribution in [0.1, 0.15) is 41.0 Å². The molecule has 1 aliphatic heterocycles. The summed E-state index contributed by atoms with van der Waals surface area (Å²) in [7, 11) is 1.59. The van der Waals surface area contributed by atoms with Crippen molar-refractivity contribution in [1.82, 2.24) is 15.3 Å². The molecule has 3 heterocycles. The summed E-state index contributed by atoms with van der Waals surface area (Å²) in [5, 5.41) is 12.5. The molecule has 0 fully saturated rings. The maximum atomic E-state index is 13.9. The topological polar surface area (TPSA) is 105 Å². The maximum Gasteiger partial charge on any atom is 0.270 e. The number of likely N-dealkylation sites (N-methyl/N-ethyl adjacent to an activating group) is 1. The van der Waals surface area contributed by atoms with Crippen LogP contribution in [0, 0.1) is 17.8 Å². The molecule has 2 aromatic heterocycles. The fraction of sp³-hybridized carbons (Fsp3) is 0.259. The molecule has 36 heavy (non-hydrogen) atoms. The molecule has 8 nitrogen and oxygen atoms in total. The third-order valence-corrected chi connectivity index (χ3v) is 5.46. The van der Waals surface area contributed by atoms with Crippen molar-refractivity contribution in [3.63, 3.8) is 0 Å². The van der Waals surface area contributed by atoms with Gasteiger partial charge in [-0.2, -0.15) is 4.39 Å². The molecule has 0 saturated carbocycles. The lowest BCUT2D eigenvalue weighted by molar-refractivity contribution is -0.120. The first-order valence-corrected chi connectivity index (χ1v) is 11.3. The van der Waals surface area contributed by atoms with E-state index in [4.69, 9.17) is 4.74 Å². The molecule has 0 aliphatic carbocycles. The Bertz CT molecular complexity index is 1370. The fourth-order valence-corrected chi connectivity index (χ4v) is 3.62. The Hall–Kier alpha value is -4.29. The summed E-state index contributed by atoms with van der Waals surface area (Å²) in [4.78, 5) is 35.2. The van der Waals surface area contributed by atoms with Crippen LogP contribution < -0.4 is 15.0 Å². The smallest absolute Gasteiger partial charge is 0.270 e. The Morgan fingerprint density at radius 3 is 2.81 bits per heavy atom. The number of aromatic nitrogens is 2. The van der Waals surface area contributed by atoms with Gasteiger partial charge in [0.05, 0.1) is 5.69 Å². The summed E-state index contributed by atoms with van der Waals surface area (Å²) in [6.07, 6.45) is 3.07. The number of ether oxygens (including phenoxy) is 1. The SMILES string of the molecule is CN1C(=O)[C@H](NC(=O)c2cc(Cc3cccnc3F)ccn2)COc2ccc(C#CC(C)(C)O)cc21. The molecule has 1 aromatic carbocycles. The zero-order chi connectivity index (χ0) is 25.9. The quantitative estimate of drug-likeness (QED) is 0.432. The highest BCUT2D eigenvalue weighted by Gasteiger charge is 2.31. The number of carbonyl (C=O) groups excluding carboxylic acids is 2. The molecule has 3 aromatic rings. The summed E-state index contributed by atoms with van der Waals surface area (Å²) in [6, 6.07) is 10.7. The standard InChI is InChI=1S/C27H25FN4O4/c1-27(2,35)10-8-17-6-7-23-22(15-17)32(3)26(34)21(16-36-23)31-25(33)20-14-18(9-12-29-20)13-19-5-4-11-30-24(19)28/h4-7,9,11-12,14-15,21,35H,13,16H2,1-3H3,(H,31,33)/t21-/m1/s1. The summed E-state index contributed by atoms with van der Waals surface area (Å²) >= 11 is 0. The van der Waals surface area contributed by atoms with Crippen LogP contribution >= 0.6 is 0 Å². The van der Waals surface area contributed by atoms with Crippen LogP contribution in [0.2, 0.25) is 0 Å². The van der Waals surface area contributed by atoms with Gasteiger partial charge in [-0.05, 0) is 55.8 Å². The van der Waals surface area contributed by atoms with Gasteiger partial charge in [-0.3, -0.25) is 14.6 Å². The van der Waals surface area contributed by atoms with Gasteiger partial charge >= 0.3 is 0 Å². The van der Waals surface area contributed by atoms with E-state index >= 15 is 0 Å². The first-order valence-electron chi connectivity index (χ1n) is 11.3. The summed E-state index contributed by atoms with van der Waals surface area (Å²) in [6.45, 7) is 3.09. The highest BCUT2D eigenvalue weighted by Crippen LogP contribution is 2.31. The van der Waals surface area contributed by atoms with Crippen LogP contribution in [0.3, 0.4) is 0 Å². The summed E-state index contributed by atoms with van der Waals surface area (Å²) < 4.78 is 19.7. The molecule has 184 valence electrons. The van der Waals surface area contributed by atoms with Gasteiger partial charge in [-0.1, -0.05) is 17.9 Å². The molecular formula is C27H25FN4O4. The second-order valence-electron chi connectivity index (χ2n) is 8.91. The van der Waals surface area contributed by atoms with E-state index in [1.165, 1.54) is 17.3 Å². The molecule has 9 heteroatoms. The normalized spacial score (nSPS) is 15.2. The molecule has 0 bridgehead atoms. The molecule has 0 spiro atoms. The molecule has 0 saturated heterocycles. The molecule has 0 radical (unpaired) electrons. The van der Waals surface area contributed by atoms with Gasteiger partial charge in [0.25, 0.3) is 11.8 Å². The summed E-state index contributed by atoms with van der Waals surface area (Å²) in [5.74, 6) is 4.59. The highest BCUT2D eigenvalue weighted by molar-refractivity contribution is 6.03. The zero-order valence-electron chi connectivity index (χ0n) is 20.1. The van der Waals surface area contributed by atoms with Crippen LogP contribution in [0.4, 0.5) is 10.1 Å². The van der Waals surface area contributed by atoms with Crippen molar-refractivity contribution in [2.45, 2.75) is 31.9 Å². The van der Waals surface area contributed by atoms with Gasteiger partial charge in [0, 0.05) is 37.0 Å². The minimum Gasteiger partial charge on any atom is -0.489 e. The summed E-state index contributed by atoms with van der Waals surface area (Å²) in [5.41, 5.74) is 1.12. The average molecular weight is 489 g/mol. The first kappa shape index (κ1) is 24.8. The largest absolute Gasteiger partial charge is 0.489 e. The minimum absolute atomic E-state index is 0.0722. The molecule has 2 N–H and O–H groups in total. The number of rotatable bonds is 4. The van der Waals surface area contributed by atoms with E-state index in [0.29, 0.717) is 28.1 Å². The van der Waals surface area contributed by atoms with Gasteiger partial charge in [-0.15, -0.1) is 0 Å². The van der Waals surface area contributed by atoms with Crippen molar-refractivity contribution in [1.29, 1.82) is 0 Å². The number of nitrogens with one attached hydrogen (secondary N) is 1. The number of hydrogen-bond acceptors (Lipinski definition) is 6. The maximum absolute atomic E-state index is 13.9. The molecule has 0 unspecified atom stereocenters. The second-order valence-corrected chi connectivity index (χ2v) is 8.91. The lowest BCUT2D eigenvalue weighted by Crippen LogP contribution is -2.49. The molecular weight excluding hydrogens is 463 g/mol. The van der Waals surface area contributed by atoms with Crippen LogP contribution in [-0.2, 0) is 11.2 Å². The highest BCUT2D eigenvalue weighted by atomic mass is 19.1. The number of halogens is 1. The van der Waals surface area contributed by atoms with Gasteiger partial charge in [-0.25, -0.2) is 4.98 Å². The van der Waals surface area contributed by atoms with E-state index in [1.807, 2.05) is 0 Å². The van der Waals surface area contributed by atoms with E-state index in [1.54, 1.807) is 63.4 Å². The van der Waals surface area contributed by atoms with Crippen molar-refractivity contribution in [2.75, 3.05) is 18.6 Å². The van der Waals surface area contributed by atoms with Gasteiger partial charge in [0.15, 0.2) is 0 Å². The molecule has 4 rings (SSSR count). The van der Waals surface area contributed by atoms with E-state index in [0.717, 1.165) is 0 Å². The number of aliphatic hydroxyl groups is 1. The monoisotopic (exact) mass is 488 g/mol. The third-order valence-electron chi connectivity index (χ3n) is 5.46. The van der Waals surface area contributed by atoms with Gasteiger partial charge < -0.3 is 20.1 Å². The van der Waals surface area contributed by atoms with Crippen molar-refractivity contribution in [3.8, 4) is 17.6 Å². The van der Waals surface area contributed by atoms with Crippen LogP contribution in [0.15, 0.2) is 54.9 Å². The Morgan fingerprint density at radius 1 is 1.25 bits per heavy atom. The number of benzene rings is 1. The van der Waals surface area contributed by atoms with Crippen molar-refractivity contribution in [2.24, 2.45) is 0 Å². The lowest BCUT2D eigenvalue weighted by Gasteiger charge is -2.20. The third kappa shape index (κ3) is 5.85. The second kappa shape index (κ2) is 10.1. The number of nitrogens with zero attached hydrogens (tertiary/aromatic N) is 3. The number of amides is 2. The lowest BCUT2D eigenvalue weighted by atomic mass is 10.1. The van der Waals surface area contributed by atoms with Crippen molar-refractivity contribution >= 4 is 17.5 Å². The Labute approximate surface area is 208 Å². The van der Waals surface area contributed by atoms with E-state index in [9.17, 15) is 19.1 Å². The first-order chi connectivity index (χ1) is 17.1. The number of anilines is 1.